The molecule has 0 aliphatic heterocycles. The predicted octanol–water partition coefficient (Wildman–Crippen LogP) is 1.56. The molecule has 0 amide bonds. The molecule has 0 radical (unpaired) electrons. The van der Waals surface area contributed by atoms with Crippen molar-refractivity contribution in [2.24, 2.45) is 11.5 Å². The second-order valence-corrected chi connectivity index (χ2v) is 5.64. The maximum Gasteiger partial charge on any atom is 0.334 e. The summed E-state index contributed by atoms with van der Waals surface area (Å²) in [6.07, 6.45) is 1.40. The van der Waals surface area contributed by atoms with E-state index in [1.807, 2.05) is 0 Å². The zero-order chi connectivity index (χ0) is 15.2. The lowest BCUT2D eigenvalue weighted by atomic mass is 10.1. The maximum atomic E-state index is 11.4. The predicted molar refractivity (Wildman–Crippen MR) is 76.4 cm³/mol. The van der Waals surface area contributed by atoms with Gasteiger partial charge >= 0.3 is 5.97 Å². The van der Waals surface area contributed by atoms with Crippen LogP contribution < -0.4 is 11.5 Å². The molecule has 0 fully saturated rings. The molecule has 0 heterocycles. The first-order chi connectivity index (χ1) is 9.40. The summed E-state index contributed by atoms with van der Waals surface area (Å²) in [5.74, 6) is -1.20. The number of aliphatic carboxylic acids is 1. The maximum absolute atomic E-state index is 11.4. The Labute approximate surface area is 120 Å². The molecule has 1 unspecified atom stereocenters. The molecule has 0 saturated heterocycles. The van der Waals surface area contributed by atoms with Crippen LogP contribution in [0.25, 0.3) is 0 Å². The molecule has 0 spiro atoms. The first kappa shape index (κ1) is 16.4. The number of nitro groups is 1. The SMILES string of the molecule is NCCCCC(N)(Sc1ccccc1[N+](=O)[O-])C(=O)O. The van der Waals surface area contributed by atoms with Crippen LogP contribution in [0.15, 0.2) is 29.2 Å². The molecule has 20 heavy (non-hydrogen) atoms. The third kappa shape index (κ3) is 4.19. The van der Waals surface area contributed by atoms with Crippen LogP contribution in [0.1, 0.15) is 19.3 Å². The summed E-state index contributed by atoms with van der Waals surface area (Å²) in [6, 6.07) is 5.95. The lowest BCUT2D eigenvalue weighted by Crippen LogP contribution is -2.44. The van der Waals surface area contributed by atoms with E-state index in [9.17, 15) is 20.0 Å². The van der Waals surface area contributed by atoms with Crippen LogP contribution in [0.5, 0.6) is 0 Å². The monoisotopic (exact) mass is 299 g/mol. The molecule has 1 aromatic carbocycles. The summed E-state index contributed by atoms with van der Waals surface area (Å²) in [4.78, 5) is 20.4. The number of benzene rings is 1. The normalized spacial score (nSPS) is 13.7. The molecule has 5 N–H and O–H groups in total. The van der Waals surface area contributed by atoms with E-state index in [4.69, 9.17) is 11.5 Å². The number of carboxylic acids is 1. The van der Waals surface area contributed by atoms with E-state index in [1.165, 1.54) is 18.2 Å². The molecule has 0 bridgehead atoms. The van der Waals surface area contributed by atoms with Gasteiger partial charge in [0.1, 0.15) is 0 Å². The average molecular weight is 299 g/mol. The fraction of sp³-hybridized carbons (Fsp3) is 0.417. The highest BCUT2D eigenvalue weighted by atomic mass is 32.2. The molecule has 8 heteroatoms. The molecule has 7 nitrogen and oxygen atoms in total. The third-order valence-electron chi connectivity index (χ3n) is 2.72. The number of nitrogens with two attached hydrogens (primary N) is 2. The summed E-state index contributed by atoms with van der Waals surface area (Å²) < 4.78 is 0. The van der Waals surface area contributed by atoms with Crippen molar-refractivity contribution in [1.82, 2.24) is 0 Å². The number of rotatable bonds is 8. The molecule has 0 aliphatic rings. The van der Waals surface area contributed by atoms with Crippen LogP contribution >= 0.6 is 11.8 Å². The highest BCUT2D eigenvalue weighted by Gasteiger charge is 2.36. The van der Waals surface area contributed by atoms with Crippen molar-refractivity contribution in [1.29, 1.82) is 0 Å². The van der Waals surface area contributed by atoms with Crippen molar-refractivity contribution < 1.29 is 14.8 Å². The summed E-state index contributed by atoms with van der Waals surface area (Å²) in [5.41, 5.74) is 11.1. The molecule has 1 aromatic rings. The Kier molecular flexibility index (Phi) is 5.93. The first-order valence-electron chi connectivity index (χ1n) is 6.05. The van der Waals surface area contributed by atoms with Gasteiger partial charge in [0.2, 0.25) is 0 Å². The number of para-hydroxylation sites is 1. The van der Waals surface area contributed by atoms with Crippen molar-refractivity contribution >= 4 is 23.4 Å². The van der Waals surface area contributed by atoms with Gasteiger partial charge in [0, 0.05) is 6.07 Å². The van der Waals surface area contributed by atoms with Crippen molar-refractivity contribution in [3.63, 3.8) is 0 Å². The van der Waals surface area contributed by atoms with Crippen molar-refractivity contribution in [2.45, 2.75) is 29.0 Å². The topological polar surface area (TPSA) is 132 Å². The molecule has 0 aliphatic carbocycles. The van der Waals surface area contributed by atoms with Gasteiger partial charge in [0.05, 0.1) is 9.82 Å². The zero-order valence-electron chi connectivity index (χ0n) is 10.8. The minimum atomic E-state index is -1.60. The Balaban J connectivity index is 2.96. The van der Waals surface area contributed by atoms with Gasteiger partial charge in [0.25, 0.3) is 5.69 Å². The van der Waals surface area contributed by atoms with Gasteiger partial charge in [0.15, 0.2) is 4.87 Å². The number of hydrogen-bond donors (Lipinski definition) is 3. The first-order valence-corrected chi connectivity index (χ1v) is 6.87. The van der Waals surface area contributed by atoms with Crippen molar-refractivity contribution in [2.75, 3.05) is 6.54 Å². The van der Waals surface area contributed by atoms with E-state index in [0.29, 0.717) is 19.4 Å². The van der Waals surface area contributed by atoms with Gasteiger partial charge in [-0.15, -0.1) is 0 Å². The number of carboxylic acid groups (broad SMARTS) is 1. The second-order valence-electron chi connectivity index (χ2n) is 4.27. The fourth-order valence-corrected chi connectivity index (χ4v) is 2.74. The van der Waals surface area contributed by atoms with Gasteiger partial charge < -0.3 is 16.6 Å². The lowest BCUT2D eigenvalue weighted by molar-refractivity contribution is -0.387. The van der Waals surface area contributed by atoms with Gasteiger partial charge in [-0.2, -0.15) is 0 Å². The minimum Gasteiger partial charge on any atom is -0.479 e. The van der Waals surface area contributed by atoms with Gasteiger partial charge in [-0.3, -0.25) is 10.1 Å². The van der Waals surface area contributed by atoms with Crippen LogP contribution in [0.3, 0.4) is 0 Å². The Bertz CT molecular complexity index is 497. The highest BCUT2D eigenvalue weighted by Crippen LogP contribution is 2.38. The van der Waals surface area contributed by atoms with Crippen molar-refractivity contribution in [3.8, 4) is 0 Å². The Morgan fingerprint density at radius 1 is 1.40 bits per heavy atom. The van der Waals surface area contributed by atoms with E-state index in [1.54, 1.807) is 6.07 Å². The smallest absolute Gasteiger partial charge is 0.334 e. The van der Waals surface area contributed by atoms with Crippen LogP contribution in [-0.2, 0) is 4.79 Å². The lowest BCUT2D eigenvalue weighted by Gasteiger charge is -2.23. The fourth-order valence-electron chi connectivity index (χ4n) is 1.62. The van der Waals surface area contributed by atoms with Gasteiger partial charge in [-0.1, -0.05) is 23.9 Å². The molecular formula is C12H17N3O4S. The summed E-state index contributed by atoms with van der Waals surface area (Å²) >= 11 is 0.800. The molecule has 0 aromatic heterocycles. The number of carbonyl (C=O) groups is 1. The Morgan fingerprint density at radius 3 is 2.60 bits per heavy atom. The van der Waals surface area contributed by atoms with Crippen LogP contribution in [0.4, 0.5) is 5.69 Å². The van der Waals surface area contributed by atoms with E-state index < -0.39 is 15.8 Å². The van der Waals surface area contributed by atoms with Gasteiger partial charge in [-0.25, -0.2) is 4.79 Å². The van der Waals surface area contributed by atoms with Crippen LogP contribution in [0, 0.1) is 10.1 Å². The second kappa shape index (κ2) is 7.22. The van der Waals surface area contributed by atoms with Gasteiger partial charge in [-0.05, 0) is 31.9 Å². The molecule has 1 atom stereocenters. The molecule has 1 rings (SSSR count). The Hall–Kier alpha value is -1.64. The highest BCUT2D eigenvalue weighted by molar-refractivity contribution is 8.01. The third-order valence-corrected chi connectivity index (χ3v) is 4.03. The number of thioether (sulfide) groups is 1. The summed E-state index contributed by atoms with van der Waals surface area (Å²) in [7, 11) is 0. The summed E-state index contributed by atoms with van der Waals surface area (Å²) in [6.45, 7) is 0.450. The standard InChI is InChI=1S/C12H17N3O4S/c13-8-4-3-7-12(14,11(16)17)20-10-6-2-1-5-9(10)15(18)19/h1-2,5-6H,3-4,7-8,13-14H2,(H,16,17). The molecule has 0 saturated carbocycles. The number of unbranched alkanes of at least 4 members (excludes halogenated alkanes) is 1. The largest absolute Gasteiger partial charge is 0.479 e. The zero-order valence-corrected chi connectivity index (χ0v) is 11.6. The van der Waals surface area contributed by atoms with Crippen molar-refractivity contribution in [3.05, 3.63) is 34.4 Å². The molecular weight excluding hydrogens is 282 g/mol. The van der Waals surface area contributed by atoms with Crippen LogP contribution in [-0.4, -0.2) is 27.4 Å². The van der Waals surface area contributed by atoms with E-state index in [2.05, 4.69) is 0 Å². The number of nitro benzene ring substituents is 1. The average Bonchev–Trinajstić information content (AvgIpc) is 2.39. The minimum absolute atomic E-state index is 0.146. The summed E-state index contributed by atoms with van der Waals surface area (Å²) in [5, 5.41) is 20.2. The van der Waals surface area contributed by atoms with Crippen LogP contribution in [0.2, 0.25) is 0 Å². The quantitative estimate of drug-likeness (QED) is 0.218. The number of hydrogen-bond acceptors (Lipinski definition) is 6. The van der Waals surface area contributed by atoms with E-state index in [-0.39, 0.29) is 17.0 Å². The Morgan fingerprint density at radius 2 is 2.05 bits per heavy atom. The van der Waals surface area contributed by atoms with E-state index in [0.717, 1.165) is 11.8 Å². The molecule has 110 valence electrons. The van der Waals surface area contributed by atoms with E-state index >= 15 is 0 Å². The number of nitrogens with zero attached hydrogens (tertiary/aromatic N) is 1.